The van der Waals surface area contributed by atoms with E-state index in [0.29, 0.717) is 12.1 Å². The normalized spacial score (nSPS) is 18.8. The van der Waals surface area contributed by atoms with Gasteiger partial charge >= 0.3 is 0 Å². The Hall–Kier alpha value is -0.900. The molecule has 1 heterocycles. The Bertz CT molecular complexity index is 417. The monoisotopic (exact) mass is 290 g/mol. The van der Waals surface area contributed by atoms with Crippen LogP contribution in [0.4, 0.5) is 0 Å². The maximum atomic E-state index is 5.36. The number of hydrogen-bond donors (Lipinski definition) is 1. The predicted octanol–water partition coefficient (Wildman–Crippen LogP) is 3.36. The minimum Gasteiger partial charge on any atom is -0.383 e. The van der Waals surface area contributed by atoms with Crippen molar-refractivity contribution in [1.82, 2.24) is 10.2 Å². The van der Waals surface area contributed by atoms with Gasteiger partial charge in [0, 0.05) is 32.3 Å². The standard InChI is InChI=1S/C18H30N2O/c1-4-16(5-2)20(12-13-21-3)18-10-11-19-14-15-8-6-7-9-17(15)18/h6-9,16,18-19H,4-5,10-14H2,1-3H3. The highest BCUT2D eigenvalue weighted by molar-refractivity contribution is 5.31. The average Bonchev–Trinajstić information content (AvgIpc) is 2.74. The zero-order valence-electron chi connectivity index (χ0n) is 13.8. The van der Waals surface area contributed by atoms with Gasteiger partial charge in [-0.25, -0.2) is 0 Å². The van der Waals surface area contributed by atoms with Gasteiger partial charge in [0.1, 0.15) is 0 Å². The lowest BCUT2D eigenvalue weighted by Crippen LogP contribution is -2.40. The lowest BCUT2D eigenvalue weighted by molar-refractivity contribution is 0.0760. The summed E-state index contributed by atoms with van der Waals surface area (Å²) in [5.74, 6) is 0. The van der Waals surface area contributed by atoms with Crippen molar-refractivity contribution in [2.45, 2.75) is 51.7 Å². The highest BCUT2D eigenvalue weighted by Gasteiger charge is 2.28. The van der Waals surface area contributed by atoms with Gasteiger partial charge in [-0.15, -0.1) is 0 Å². The van der Waals surface area contributed by atoms with Crippen molar-refractivity contribution in [3.63, 3.8) is 0 Å². The summed E-state index contributed by atoms with van der Waals surface area (Å²) < 4.78 is 5.36. The lowest BCUT2D eigenvalue weighted by atomic mass is 9.95. The number of rotatable bonds is 7. The van der Waals surface area contributed by atoms with Crippen LogP contribution in [0.1, 0.15) is 50.3 Å². The van der Waals surface area contributed by atoms with E-state index in [4.69, 9.17) is 4.74 Å². The molecule has 0 radical (unpaired) electrons. The molecule has 1 atom stereocenters. The molecule has 2 rings (SSSR count). The maximum absolute atomic E-state index is 5.36. The molecular weight excluding hydrogens is 260 g/mol. The fourth-order valence-electron chi connectivity index (χ4n) is 3.53. The minimum atomic E-state index is 0.510. The van der Waals surface area contributed by atoms with Crippen LogP contribution in [0.2, 0.25) is 0 Å². The van der Waals surface area contributed by atoms with E-state index in [1.165, 1.54) is 30.4 Å². The van der Waals surface area contributed by atoms with Gasteiger partial charge < -0.3 is 10.1 Å². The molecule has 0 aliphatic carbocycles. The lowest BCUT2D eigenvalue weighted by Gasteiger charge is -2.38. The van der Waals surface area contributed by atoms with Crippen LogP contribution in [0.15, 0.2) is 24.3 Å². The van der Waals surface area contributed by atoms with Crippen LogP contribution in [0.5, 0.6) is 0 Å². The summed E-state index contributed by atoms with van der Waals surface area (Å²) in [6.07, 6.45) is 3.58. The van der Waals surface area contributed by atoms with Crippen molar-refractivity contribution < 1.29 is 4.74 Å². The summed E-state index contributed by atoms with van der Waals surface area (Å²) in [6, 6.07) is 10.1. The molecule has 1 aliphatic rings. The molecule has 21 heavy (non-hydrogen) atoms. The van der Waals surface area contributed by atoms with Crippen molar-refractivity contribution in [3.8, 4) is 0 Å². The van der Waals surface area contributed by atoms with Gasteiger partial charge in [0.25, 0.3) is 0 Å². The molecule has 0 amide bonds. The van der Waals surface area contributed by atoms with Crippen molar-refractivity contribution >= 4 is 0 Å². The number of benzene rings is 1. The molecule has 0 saturated heterocycles. The zero-order valence-corrected chi connectivity index (χ0v) is 13.8. The molecule has 0 saturated carbocycles. The first-order valence-corrected chi connectivity index (χ1v) is 8.35. The molecule has 1 N–H and O–H groups in total. The molecule has 0 bridgehead atoms. The Balaban J connectivity index is 2.29. The largest absolute Gasteiger partial charge is 0.383 e. The fraction of sp³-hybridized carbons (Fsp3) is 0.667. The first-order valence-electron chi connectivity index (χ1n) is 8.35. The van der Waals surface area contributed by atoms with Crippen molar-refractivity contribution in [3.05, 3.63) is 35.4 Å². The maximum Gasteiger partial charge on any atom is 0.0590 e. The van der Waals surface area contributed by atoms with Crippen molar-refractivity contribution in [2.24, 2.45) is 0 Å². The summed E-state index contributed by atoms with van der Waals surface area (Å²) in [7, 11) is 1.80. The quantitative estimate of drug-likeness (QED) is 0.833. The second-order valence-corrected chi connectivity index (χ2v) is 5.88. The second-order valence-electron chi connectivity index (χ2n) is 5.88. The van der Waals surface area contributed by atoms with E-state index in [1.807, 2.05) is 0 Å². The minimum absolute atomic E-state index is 0.510. The topological polar surface area (TPSA) is 24.5 Å². The van der Waals surface area contributed by atoms with Gasteiger partial charge in [-0.2, -0.15) is 0 Å². The van der Waals surface area contributed by atoms with Crippen LogP contribution in [-0.4, -0.2) is 37.7 Å². The third-order valence-corrected chi connectivity index (χ3v) is 4.69. The highest BCUT2D eigenvalue weighted by Crippen LogP contribution is 2.31. The molecule has 3 heteroatoms. The molecule has 0 spiro atoms. The summed E-state index contributed by atoms with van der Waals surface area (Å²) in [5.41, 5.74) is 2.96. The fourth-order valence-corrected chi connectivity index (χ4v) is 3.53. The van der Waals surface area contributed by atoms with Crippen LogP contribution >= 0.6 is 0 Å². The first kappa shape index (κ1) is 16.5. The van der Waals surface area contributed by atoms with Crippen LogP contribution in [0, 0.1) is 0 Å². The van der Waals surface area contributed by atoms with E-state index in [-0.39, 0.29) is 0 Å². The number of methoxy groups -OCH3 is 1. The van der Waals surface area contributed by atoms with E-state index in [0.717, 1.165) is 26.2 Å². The molecule has 0 aromatic heterocycles. The molecule has 1 unspecified atom stereocenters. The van der Waals surface area contributed by atoms with Crippen LogP contribution in [-0.2, 0) is 11.3 Å². The Kier molecular flexibility index (Phi) is 6.68. The Labute approximate surface area is 129 Å². The van der Waals surface area contributed by atoms with E-state index in [9.17, 15) is 0 Å². The van der Waals surface area contributed by atoms with Gasteiger partial charge in [-0.1, -0.05) is 38.1 Å². The van der Waals surface area contributed by atoms with Gasteiger partial charge in [0.2, 0.25) is 0 Å². The summed E-state index contributed by atoms with van der Waals surface area (Å²) >= 11 is 0. The SMILES string of the molecule is CCC(CC)N(CCOC)C1CCNCc2ccccc21. The second kappa shape index (κ2) is 8.52. The molecule has 0 fully saturated rings. The molecule has 1 aliphatic heterocycles. The Morgan fingerprint density at radius 2 is 2.05 bits per heavy atom. The van der Waals surface area contributed by atoms with Crippen molar-refractivity contribution in [1.29, 1.82) is 0 Å². The van der Waals surface area contributed by atoms with Crippen LogP contribution in [0.25, 0.3) is 0 Å². The van der Waals surface area contributed by atoms with E-state index < -0.39 is 0 Å². The van der Waals surface area contributed by atoms with E-state index >= 15 is 0 Å². The van der Waals surface area contributed by atoms with Crippen molar-refractivity contribution in [2.75, 3.05) is 26.8 Å². The number of ether oxygens (including phenoxy) is 1. The Morgan fingerprint density at radius 3 is 2.76 bits per heavy atom. The average molecular weight is 290 g/mol. The molecule has 1 aromatic carbocycles. The highest BCUT2D eigenvalue weighted by atomic mass is 16.5. The van der Waals surface area contributed by atoms with Gasteiger partial charge in [0.15, 0.2) is 0 Å². The summed E-state index contributed by atoms with van der Waals surface area (Å²) in [6.45, 7) is 8.50. The summed E-state index contributed by atoms with van der Waals surface area (Å²) in [4.78, 5) is 2.68. The third-order valence-electron chi connectivity index (χ3n) is 4.69. The molecule has 1 aromatic rings. The van der Waals surface area contributed by atoms with Gasteiger partial charge in [0.05, 0.1) is 6.61 Å². The smallest absolute Gasteiger partial charge is 0.0590 e. The first-order chi connectivity index (χ1) is 10.3. The van der Waals surface area contributed by atoms with Crippen LogP contribution in [0.3, 0.4) is 0 Å². The van der Waals surface area contributed by atoms with E-state index in [1.54, 1.807) is 7.11 Å². The molecular formula is C18H30N2O. The molecule has 118 valence electrons. The Morgan fingerprint density at radius 1 is 1.29 bits per heavy atom. The van der Waals surface area contributed by atoms with Crippen LogP contribution < -0.4 is 5.32 Å². The number of nitrogens with one attached hydrogen (secondary N) is 1. The van der Waals surface area contributed by atoms with Gasteiger partial charge in [-0.3, -0.25) is 4.90 Å². The number of nitrogens with zero attached hydrogens (tertiary/aromatic N) is 1. The summed E-state index contributed by atoms with van der Waals surface area (Å²) in [5, 5.41) is 3.56. The predicted molar refractivity (Wildman–Crippen MR) is 88.5 cm³/mol. The third kappa shape index (κ3) is 4.06. The number of hydrogen-bond acceptors (Lipinski definition) is 3. The van der Waals surface area contributed by atoms with E-state index in [2.05, 4.69) is 48.3 Å². The van der Waals surface area contributed by atoms with Gasteiger partial charge in [-0.05, 0) is 36.9 Å². The molecule has 3 nitrogen and oxygen atoms in total. The number of fused-ring (bicyclic) bond motifs is 1. The zero-order chi connectivity index (χ0) is 15.1.